The molecule has 2 aromatic heterocycles. The van der Waals surface area contributed by atoms with Crippen molar-refractivity contribution < 1.29 is 9.18 Å². The molecule has 0 atom stereocenters. The molecule has 4 rings (SSSR count). The van der Waals surface area contributed by atoms with Crippen molar-refractivity contribution in [1.82, 2.24) is 9.97 Å². The number of carbonyl (C=O) groups excluding carboxylic acids is 1. The summed E-state index contributed by atoms with van der Waals surface area (Å²) >= 11 is 3.01. The first-order chi connectivity index (χ1) is 13.1. The molecule has 4 aromatic rings. The number of benzene rings is 2. The Morgan fingerprint density at radius 2 is 1.81 bits per heavy atom. The molecule has 6 heteroatoms. The third kappa shape index (κ3) is 3.91. The summed E-state index contributed by atoms with van der Waals surface area (Å²) in [5, 5.41) is 1.76. The topological polar surface area (TPSA) is 42.9 Å². The minimum Gasteiger partial charge on any atom is -0.293 e. The van der Waals surface area contributed by atoms with Crippen LogP contribution in [0.1, 0.15) is 16.2 Å². The van der Waals surface area contributed by atoms with Crippen LogP contribution in [-0.4, -0.2) is 21.5 Å². The van der Waals surface area contributed by atoms with Crippen LogP contribution < -0.4 is 0 Å². The number of ketones is 1. The van der Waals surface area contributed by atoms with Crippen molar-refractivity contribution in [2.24, 2.45) is 0 Å². The lowest BCUT2D eigenvalue weighted by Crippen LogP contribution is -2.03. The maximum Gasteiger partial charge on any atom is 0.173 e. The predicted molar refractivity (Wildman–Crippen MR) is 109 cm³/mol. The van der Waals surface area contributed by atoms with Gasteiger partial charge in [-0.3, -0.25) is 4.79 Å². The summed E-state index contributed by atoms with van der Waals surface area (Å²) in [5.41, 5.74) is 1.64. The van der Waals surface area contributed by atoms with Crippen molar-refractivity contribution >= 4 is 39.1 Å². The van der Waals surface area contributed by atoms with Gasteiger partial charge >= 0.3 is 0 Å². The highest BCUT2D eigenvalue weighted by Crippen LogP contribution is 2.36. The van der Waals surface area contributed by atoms with Gasteiger partial charge in [0.05, 0.1) is 5.75 Å². The van der Waals surface area contributed by atoms with E-state index in [1.54, 1.807) is 11.3 Å². The summed E-state index contributed by atoms with van der Waals surface area (Å²) in [4.78, 5) is 23.5. The number of rotatable bonds is 5. The number of Topliss-reactive ketones (excluding diaryl/α,β-unsaturated/α-hetero) is 1. The van der Waals surface area contributed by atoms with E-state index in [4.69, 9.17) is 0 Å². The van der Waals surface area contributed by atoms with Gasteiger partial charge in [0.25, 0.3) is 0 Å². The fourth-order valence-electron chi connectivity index (χ4n) is 2.70. The second-order valence-electron chi connectivity index (χ2n) is 5.99. The van der Waals surface area contributed by atoms with E-state index in [-0.39, 0.29) is 17.4 Å². The molecule has 0 saturated carbocycles. The van der Waals surface area contributed by atoms with E-state index in [0.29, 0.717) is 11.4 Å². The highest BCUT2D eigenvalue weighted by molar-refractivity contribution is 8.00. The van der Waals surface area contributed by atoms with E-state index in [9.17, 15) is 9.18 Å². The van der Waals surface area contributed by atoms with E-state index in [1.807, 2.05) is 25.1 Å². The van der Waals surface area contributed by atoms with Crippen LogP contribution >= 0.6 is 23.1 Å². The Morgan fingerprint density at radius 3 is 2.56 bits per heavy atom. The van der Waals surface area contributed by atoms with E-state index < -0.39 is 0 Å². The monoisotopic (exact) mass is 394 g/mol. The number of thioether (sulfide) groups is 1. The van der Waals surface area contributed by atoms with Crippen LogP contribution in [0.2, 0.25) is 0 Å². The van der Waals surface area contributed by atoms with Gasteiger partial charge in [-0.2, -0.15) is 0 Å². The molecule has 0 fully saturated rings. The van der Waals surface area contributed by atoms with Crippen LogP contribution in [0.15, 0.2) is 65.7 Å². The van der Waals surface area contributed by atoms with E-state index >= 15 is 0 Å². The Bertz CT molecular complexity index is 1110. The maximum absolute atomic E-state index is 13.0. The zero-order chi connectivity index (χ0) is 18.8. The van der Waals surface area contributed by atoms with Gasteiger partial charge in [-0.1, -0.05) is 42.1 Å². The van der Waals surface area contributed by atoms with Crippen LogP contribution in [-0.2, 0) is 0 Å². The molecule has 27 heavy (non-hydrogen) atoms. The average molecular weight is 394 g/mol. The first-order valence-corrected chi connectivity index (χ1v) is 10.2. The predicted octanol–water partition coefficient (Wildman–Crippen LogP) is 5.78. The molecule has 0 aliphatic heterocycles. The maximum atomic E-state index is 13.0. The fourth-order valence-corrected chi connectivity index (χ4v) is 4.79. The summed E-state index contributed by atoms with van der Waals surface area (Å²) in [6.45, 7) is 1.85. The van der Waals surface area contributed by atoms with Gasteiger partial charge in [-0.05, 0) is 42.8 Å². The Labute approximate surface area is 164 Å². The number of fused-ring (bicyclic) bond motifs is 1. The van der Waals surface area contributed by atoms with E-state index in [1.165, 1.54) is 36.0 Å². The molecule has 0 unspecified atom stereocenters. The van der Waals surface area contributed by atoms with E-state index in [2.05, 4.69) is 28.2 Å². The molecule has 0 spiro atoms. The first-order valence-electron chi connectivity index (χ1n) is 8.35. The summed E-state index contributed by atoms with van der Waals surface area (Å²) in [6.07, 6.45) is 0. The Balaban J connectivity index is 1.62. The lowest BCUT2D eigenvalue weighted by atomic mass is 10.1. The van der Waals surface area contributed by atoms with E-state index in [0.717, 1.165) is 25.7 Å². The number of thiophene rings is 1. The molecular weight excluding hydrogens is 379 g/mol. The molecule has 3 nitrogen and oxygen atoms in total. The number of aryl methyl sites for hydroxylation is 1. The highest BCUT2D eigenvalue weighted by Gasteiger charge is 2.14. The molecule has 0 N–H and O–H groups in total. The molecule has 0 radical (unpaired) electrons. The third-order valence-corrected chi connectivity index (χ3v) is 6.10. The number of carbonyl (C=O) groups is 1. The zero-order valence-electron chi connectivity index (χ0n) is 14.5. The number of hydrogen-bond donors (Lipinski definition) is 0. The van der Waals surface area contributed by atoms with Gasteiger partial charge in [-0.25, -0.2) is 14.4 Å². The standard InChI is InChI=1S/C21H15FN2OS2/c1-13-23-20(26-12-18(25)14-7-9-16(22)10-8-14)17-11-19(27-21(17)24-13)15-5-3-2-4-6-15/h2-11H,12H2,1H3. The van der Waals surface area contributed by atoms with Crippen molar-refractivity contribution in [3.05, 3.63) is 77.9 Å². The number of halogens is 1. The van der Waals surface area contributed by atoms with Gasteiger partial charge < -0.3 is 0 Å². The highest BCUT2D eigenvalue weighted by atomic mass is 32.2. The molecule has 2 aromatic carbocycles. The zero-order valence-corrected chi connectivity index (χ0v) is 16.1. The lowest BCUT2D eigenvalue weighted by molar-refractivity contribution is 0.102. The number of aromatic nitrogens is 2. The molecule has 0 aliphatic carbocycles. The van der Waals surface area contributed by atoms with Gasteiger partial charge in [0, 0.05) is 15.8 Å². The van der Waals surface area contributed by atoms with Crippen molar-refractivity contribution in [1.29, 1.82) is 0 Å². The summed E-state index contributed by atoms with van der Waals surface area (Å²) in [7, 11) is 0. The minimum atomic E-state index is -0.348. The average Bonchev–Trinajstić information content (AvgIpc) is 3.11. The van der Waals surface area contributed by atoms with Crippen LogP contribution in [0, 0.1) is 12.7 Å². The molecule has 134 valence electrons. The first kappa shape index (κ1) is 17.8. The Morgan fingerprint density at radius 1 is 1.07 bits per heavy atom. The molecule has 2 heterocycles. The van der Waals surface area contributed by atoms with Gasteiger partial charge in [-0.15, -0.1) is 11.3 Å². The van der Waals surface area contributed by atoms with Gasteiger partial charge in [0.1, 0.15) is 21.5 Å². The Kier molecular flexibility index (Phi) is 5.01. The number of nitrogens with zero attached hydrogens (tertiary/aromatic N) is 2. The second-order valence-corrected chi connectivity index (χ2v) is 7.98. The molecular formula is C21H15FN2OS2. The second kappa shape index (κ2) is 7.58. The Hall–Kier alpha value is -2.57. The minimum absolute atomic E-state index is 0.0528. The molecule has 0 saturated heterocycles. The molecule has 0 bridgehead atoms. The van der Waals surface area contributed by atoms with Crippen molar-refractivity contribution in [3.8, 4) is 10.4 Å². The van der Waals surface area contributed by atoms with Gasteiger partial charge in [0.2, 0.25) is 0 Å². The molecule has 0 amide bonds. The van der Waals surface area contributed by atoms with Crippen molar-refractivity contribution in [2.75, 3.05) is 5.75 Å². The van der Waals surface area contributed by atoms with Crippen LogP contribution in [0.25, 0.3) is 20.7 Å². The summed E-state index contributed by atoms with van der Waals surface area (Å²) in [5.74, 6) is 0.524. The fraction of sp³-hybridized carbons (Fsp3) is 0.0952. The van der Waals surface area contributed by atoms with Crippen LogP contribution in [0.4, 0.5) is 4.39 Å². The van der Waals surface area contributed by atoms with Crippen molar-refractivity contribution in [3.63, 3.8) is 0 Å². The third-order valence-electron chi connectivity index (χ3n) is 4.03. The van der Waals surface area contributed by atoms with Crippen LogP contribution in [0.3, 0.4) is 0 Å². The lowest BCUT2D eigenvalue weighted by Gasteiger charge is -2.04. The molecule has 0 aliphatic rings. The smallest absolute Gasteiger partial charge is 0.173 e. The largest absolute Gasteiger partial charge is 0.293 e. The van der Waals surface area contributed by atoms with Gasteiger partial charge in [0.15, 0.2) is 5.78 Å². The number of hydrogen-bond acceptors (Lipinski definition) is 5. The summed E-state index contributed by atoms with van der Waals surface area (Å²) in [6, 6.07) is 17.8. The summed E-state index contributed by atoms with van der Waals surface area (Å²) < 4.78 is 13.0. The van der Waals surface area contributed by atoms with Crippen molar-refractivity contribution in [2.45, 2.75) is 11.9 Å². The normalized spacial score (nSPS) is 11.0. The van der Waals surface area contributed by atoms with Crippen LogP contribution in [0.5, 0.6) is 0 Å². The SMILES string of the molecule is Cc1nc(SCC(=O)c2ccc(F)cc2)c2cc(-c3ccccc3)sc2n1. The quantitative estimate of drug-likeness (QED) is 0.244.